The maximum absolute atomic E-state index is 14.0. The number of benzene rings is 2. The molecule has 2 aromatic rings. The summed E-state index contributed by atoms with van der Waals surface area (Å²) in [5.41, 5.74) is 1.04. The molecule has 0 heterocycles. The fourth-order valence-electron chi connectivity index (χ4n) is 2.42. The molecule has 0 radical (unpaired) electrons. The van der Waals surface area contributed by atoms with Gasteiger partial charge in [-0.3, -0.25) is 4.55 Å². The monoisotopic (exact) mass is 688 g/mol. The molecule has 0 spiro atoms. The molecule has 0 saturated heterocycles. The summed E-state index contributed by atoms with van der Waals surface area (Å²) in [7, 11) is -5.62. The lowest BCUT2D eigenvalue weighted by Gasteiger charge is -2.15. The lowest BCUT2D eigenvalue weighted by molar-refractivity contribution is -0.137. The number of hydrogen-bond acceptors (Lipinski definition) is 5. The van der Waals surface area contributed by atoms with Gasteiger partial charge in [0.05, 0.1) is 7.14 Å². The molecular formula is C18H14F4I2O6S. The molecule has 31 heavy (non-hydrogen) atoms. The number of carbonyl (C=O) groups excluding carboxylic acids is 1. The van der Waals surface area contributed by atoms with Gasteiger partial charge in [0.2, 0.25) is 17.4 Å². The fourth-order valence-corrected chi connectivity index (χ4v) is 5.18. The molecule has 1 atom stereocenters. The zero-order chi connectivity index (χ0) is 23.7. The minimum atomic E-state index is -5.62. The number of hydrogen-bond donors (Lipinski definition) is 1. The van der Waals surface area contributed by atoms with Crippen LogP contribution in [0.1, 0.15) is 31.7 Å². The number of ether oxygens (including phenoxy) is 2. The lowest BCUT2D eigenvalue weighted by atomic mass is 9.99. The molecule has 6 nitrogen and oxygen atoms in total. The van der Waals surface area contributed by atoms with Crippen molar-refractivity contribution >= 4 is 61.3 Å². The van der Waals surface area contributed by atoms with Gasteiger partial charge >= 0.3 is 16.1 Å². The number of rotatable bonds is 7. The van der Waals surface area contributed by atoms with Crippen molar-refractivity contribution in [2.24, 2.45) is 0 Å². The van der Waals surface area contributed by atoms with Gasteiger partial charge < -0.3 is 9.47 Å². The van der Waals surface area contributed by atoms with Crippen LogP contribution in [0, 0.1) is 30.4 Å². The molecule has 0 aliphatic heterocycles. The Bertz CT molecular complexity index is 1090. The Balaban J connectivity index is 2.25. The average molecular weight is 688 g/mol. The summed E-state index contributed by atoms with van der Waals surface area (Å²) in [6.45, 7) is 3.20. The van der Waals surface area contributed by atoms with E-state index in [1.165, 1.54) is 0 Å². The SMILES string of the molecule is CCC(C)c1cc(I)c(OCC(=O)Oc2c(F)c(F)c(S(=O)(=O)O)c(F)c2F)c(I)c1. The second-order valence-electron chi connectivity index (χ2n) is 6.27. The van der Waals surface area contributed by atoms with Gasteiger partial charge in [0, 0.05) is 0 Å². The van der Waals surface area contributed by atoms with Crippen LogP contribution in [0.15, 0.2) is 17.0 Å². The summed E-state index contributed by atoms with van der Waals surface area (Å²) in [5, 5.41) is 0. The van der Waals surface area contributed by atoms with Crippen LogP contribution < -0.4 is 9.47 Å². The Morgan fingerprint density at radius 3 is 1.94 bits per heavy atom. The second-order valence-corrected chi connectivity index (χ2v) is 9.96. The van der Waals surface area contributed by atoms with Crippen LogP contribution in [-0.2, 0) is 14.9 Å². The number of halogens is 6. The summed E-state index contributed by atoms with van der Waals surface area (Å²) < 4.78 is 97.1. The molecule has 0 aromatic heterocycles. The molecule has 0 bridgehead atoms. The maximum Gasteiger partial charge on any atom is 0.349 e. The smallest absolute Gasteiger partial charge is 0.349 e. The highest BCUT2D eigenvalue weighted by atomic mass is 127. The fraction of sp³-hybridized carbons (Fsp3) is 0.278. The van der Waals surface area contributed by atoms with E-state index in [4.69, 9.17) is 9.29 Å². The van der Waals surface area contributed by atoms with Gasteiger partial charge in [0.25, 0.3) is 0 Å². The minimum Gasteiger partial charge on any atom is -0.480 e. The average Bonchev–Trinajstić information content (AvgIpc) is 2.67. The van der Waals surface area contributed by atoms with E-state index in [2.05, 4.69) is 4.74 Å². The van der Waals surface area contributed by atoms with E-state index in [0.717, 1.165) is 12.0 Å². The van der Waals surface area contributed by atoms with Crippen molar-refractivity contribution in [3.05, 3.63) is 48.1 Å². The molecule has 1 unspecified atom stereocenters. The van der Waals surface area contributed by atoms with Crippen molar-refractivity contribution in [1.29, 1.82) is 0 Å². The summed E-state index contributed by atoms with van der Waals surface area (Å²) in [6.07, 6.45) is 0.902. The Hall–Kier alpha value is -1.20. The Labute approximate surface area is 202 Å². The van der Waals surface area contributed by atoms with Crippen molar-refractivity contribution in [3.63, 3.8) is 0 Å². The Morgan fingerprint density at radius 1 is 1.03 bits per heavy atom. The van der Waals surface area contributed by atoms with Crippen LogP contribution in [0.25, 0.3) is 0 Å². The van der Waals surface area contributed by atoms with Gasteiger partial charge in [-0.05, 0) is 75.2 Å². The predicted molar refractivity (Wildman–Crippen MR) is 118 cm³/mol. The first kappa shape index (κ1) is 26.1. The molecule has 13 heteroatoms. The first-order valence-corrected chi connectivity index (χ1v) is 12.0. The first-order chi connectivity index (χ1) is 14.3. The maximum atomic E-state index is 14.0. The van der Waals surface area contributed by atoms with Crippen molar-refractivity contribution in [2.45, 2.75) is 31.1 Å². The van der Waals surface area contributed by atoms with E-state index >= 15 is 0 Å². The largest absolute Gasteiger partial charge is 0.480 e. The van der Waals surface area contributed by atoms with Crippen molar-refractivity contribution < 1.29 is 44.8 Å². The Kier molecular flexibility index (Phi) is 8.54. The summed E-state index contributed by atoms with van der Waals surface area (Å²) in [4.78, 5) is 9.71. The van der Waals surface area contributed by atoms with Crippen molar-refractivity contribution in [2.75, 3.05) is 6.61 Å². The molecule has 0 aliphatic carbocycles. The molecule has 2 aromatic carbocycles. The second kappa shape index (κ2) is 10.2. The van der Waals surface area contributed by atoms with Gasteiger partial charge in [-0.2, -0.15) is 17.2 Å². The van der Waals surface area contributed by atoms with E-state index in [0.29, 0.717) is 12.9 Å². The van der Waals surface area contributed by atoms with Crippen LogP contribution in [-0.4, -0.2) is 25.5 Å². The number of carbonyl (C=O) groups is 1. The van der Waals surface area contributed by atoms with Gasteiger partial charge in [-0.25, -0.2) is 13.6 Å². The highest BCUT2D eigenvalue weighted by Crippen LogP contribution is 2.34. The van der Waals surface area contributed by atoms with Crippen LogP contribution >= 0.6 is 45.2 Å². The molecule has 0 amide bonds. The van der Waals surface area contributed by atoms with Gasteiger partial charge in [0.1, 0.15) is 5.75 Å². The van der Waals surface area contributed by atoms with E-state index in [1.54, 1.807) is 0 Å². The molecular weight excluding hydrogens is 674 g/mol. The summed E-state index contributed by atoms with van der Waals surface area (Å²) in [6, 6.07) is 3.69. The molecule has 0 fully saturated rings. The molecule has 1 N–H and O–H groups in total. The predicted octanol–water partition coefficient (Wildman–Crippen LogP) is 5.20. The van der Waals surface area contributed by atoms with E-state index in [-0.39, 0.29) is 5.92 Å². The van der Waals surface area contributed by atoms with Crippen LogP contribution in [0.4, 0.5) is 17.6 Å². The van der Waals surface area contributed by atoms with Gasteiger partial charge in [-0.1, -0.05) is 13.8 Å². The van der Waals surface area contributed by atoms with Crippen molar-refractivity contribution in [1.82, 2.24) is 0 Å². The van der Waals surface area contributed by atoms with E-state index in [1.807, 2.05) is 71.2 Å². The highest BCUT2D eigenvalue weighted by Gasteiger charge is 2.34. The summed E-state index contributed by atoms with van der Waals surface area (Å²) in [5.74, 6) is -12.1. The molecule has 2 rings (SSSR count). The zero-order valence-corrected chi connectivity index (χ0v) is 20.9. The zero-order valence-electron chi connectivity index (χ0n) is 15.8. The highest BCUT2D eigenvalue weighted by molar-refractivity contribution is 14.1. The van der Waals surface area contributed by atoms with Gasteiger partial charge in [-0.15, -0.1) is 0 Å². The lowest BCUT2D eigenvalue weighted by Crippen LogP contribution is -2.21. The standard InChI is InChI=1S/C18H14F4I2O6S/c1-3-7(2)8-4-9(23)16(10(24)5-8)29-6-11(25)30-17-12(19)14(21)18(31(26,27)28)15(22)13(17)20/h4-5,7H,3,6H2,1-2H3,(H,26,27,28). The summed E-state index contributed by atoms with van der Waals surface area (Å²) >= 11 is 3.96. The molecule has 170 valence electrons. The number of esters is 1. The van der Waals surface area contributed by atoms with Gasteiger partial charge in [0.15, 0.2) is 23.1 Å². The topological polar surface area (TPSA) is 89.9 Å². The quantitative estimate of drug-likeness (QED) is 0.108. The van der Waals surface area contributed by atoms with Crippen molar-refractivity contribution in [3.8, 4) is 11.5 Å². The van der Waals surface area contributed by atoms with Crippen LogP contribution in [0.5, 0.6) is 11.5 Å². The van der Waals surface area contributed by atoms with Crippen LogP contribution in [0.2, 0.25) is 0 Å². The molecule has 0 aliphatic rings. The third-order valence-corrected chi connectivity index (χ3v) is 6.67. The van der Waals surface area contributed by atoms with E-state index < -0.39 is 56.6 Å². The third-order valence-electron chi connectivity index (χ3n) is 4.19. The first-order valence-electron chi connectivity index (χ1n) is 8.45. The third kappa shape index (κ3) is 5.78. The van der Waals surface area contributed by atoms with E-state index in [9.17, 15) is 30.8 Å². The minimum absolute atomic E-state index is 0.280. The van der Waals surface area contributed by atoms with Crippen LogP contribution in [0.3, 0.4) is 0 Å². The molecule has 0 saturated carbocycles. The normalized spacial score (nSPS) is 12.5. The Morgan fingerprint density at radius 2 is 1.52 bits per heavy atom.